The summed E-state index contributed by atoms with van der Waals surface area (Å²) in [6.45, 7) is 2.92. The van der Waals surface area contributed by atoms with E-state index in [-0.39, 0.29) is 0 Å². The molecule has 1 unspecified atom stereocenters. The largest absolute Gasteiger partial charge is 0.344 e. The molecular formula is C16H22N2. The fraction of sp³-hybridized carbons (Fsp3) is 0.500. The summed E-state index contributed by atoms with van der Waals surface area (Å²) in [6, 6.07) is 9.75. The van der Waals surface area contributed by atoms with Crippen LogP contribution in [0.4, 0.5) is 0 Å². The molecule has 2 N–H and O–H groups in total. The van der Waals surface area contributed by atoms with Gasteiger partial charge in [0.1, 0.15) is 0 Å². The van der Waals surface area contributed by atoms with Gasteiger partial charge < -0.3 is 10.3 Å². The molecule has 0 spiro atoms. The first-order valence-corrected chi connectivity index (χ1v) is 7.10. The summed E-state index contributed by atoms with van der Waals surface area (Å²) in [4.78, 5) is 0. The van der Waals surface area contributed by atoms with Crippen LogP contribution in [0.15, 0.2) is 30.5 Å². The van der Waals surface area contributed by atoms with Crippen molar-refractivity contribution in [1.82, 2.24) is 4.57 Å². The second-order valence-electron chi connectivity index (χ2n) is 5.62. The van der Waals surface area contributed by atoms with Crippen molar-refractivity contribution >= 4 is 10.9 Å². The van der Waals surface area contributed by atoms with Gasteiger partial charge in [-0.15, -0.1) is 0 Å². The molecule has 1 fully saturated rings. The minimum atomic E-state index is 0.446. The van der Waals surface area contributed by atoms with Crippen LogP contribution in [0.2, 0.25) is 0 Å². The quantitative estimate of drug-likeness (QED) is 0.871. The summed E-state index contributed by atoms with van der Waals surface area (Å²) in [5, 5.41) is 1.36. The lowest BCUT2D eigenvalue weighted by atomic mass is 10.0. The van der Waals surface area contributed by atoms with Crippen LogP contribution in [-0.4, -0.2) is 11.1 Å². The first-order valence-electron chi connectivity index (χ1n) is 7.10. The van der Waals surface area contributed by atoms with E-state index in [2.05, 4.69) is 42.0 Å². The summed E-state index contributed by atoms with van der Waals surface area (Å²) < 4.78 is 2.48. The van der Waals surface area contributed by atoms with Crippen molar-refractivity contribution in [1.29, 1.82) is 0 Å². The molecular weight excluding hydrogens is 220 g/mol. The van der Waals surface area contributed by atoms with Gasteiger partial charge in [-0.3, -0.25) is 0 Å². The maximum absolute atomic E-state index is 5.78. The molecule has 1 aromatic heterocycles. The highest BCUT2D eigenvalue weighted by atomic mass is 15.0. The molecule has 1 aromatic carbocycles. The van der Waals surface area contributed by atoms with Gasteiger partial charge in [-0.2, -0.15) is 0 Å². The molecule has 0 saturated heterocycles. The van der Waals surface area contributed by atoms with Gasteiger partial charge in [-0.1, -0.05) is 31.9 Å². The van der Waals surface area contributed by atoms with E-state index in [4.69, 9.17) is 5.73 Å². The van der Waals surface area contributed by atoms with Crippen LogP contribution in [0.5, 0.6) is 0 Å². The lowest BCUT2D eigenvalue weighted by molar-refractivity contribution is 0.535. The molecule has 18 heavy (non-hydrogen) atoms. The molecule has 2 aromatic rings. The minimum absolute atomic E-state index is 0.446. The fourth-order valence-electron chi connectivity index (χ4n) is 3.11. The van der Waals surface area contributed by atoms with E-state index in [1.54, 1.807) is 0 Å². The molecule has 1 atom stereocenters. The Morgan fingerprint density at radius 2 is 2.06 bits per heavy atom. The van der Waals surface area contributed by atoms with Crippen molar-refractivity contribution < 1.29 is 0 Å². The summed E-state index contributed by atoms with van der Waals surface area (Å²) >= 11 is 0. The monoisotopic (exact) mass is 242 g/mol. The number of benzene rings is 1. The van der Waals surface area contributed by atoms with Crippen LogP contribution in [0.3, 0.4) is 0 Å². The van der Waals surface area contributed by atoms with Gasteiger partial charge in [0.25, 0.3) is 0 Å². The Morgan fingerprint density at radius 3 is 2.78 bits per heavy atom. The Hall–Kier alpha value is -1.28. The van der Waals surface area contributed by atoms with Gasteiger partial charge in [0.15, 0.2) is 0 Å². The molecule has 0 bridgehead atoms. The maximum Gasteiger partial charge on any atom is 0.0485 e. The highest BCUT2D eigenvalue weighted by Crippen LogP contribution is 2.33. The third-order valence-corrected chi connectivity index (χ3v) is 4.39. The van der Waals surface area contributed by atoms with Gasteiger partial charge in [0.05, 0.1) is 0 Å². The highest BCUT2D eigenvalue weighted by molar-refractivity contribution is 5.81. The Kier molecular flexibility index (Phi) is 3.13. The Labute approximate surface area is 109 Å². The van der Waals surface area contributed by atoms with Crippen LogP contribution in [0.25, 0.3) is 10.9 Å². The van der Waals surface area contributed by atoms with E-state index in [0.717, 1.165) is 6.54 Å². The lowest BCUT2D eigenvalue weighted by Crippen LogP contribution is -2.09. The Bertz CT molecular complexity index is 535. The second-order valence-corrected chi connectivity index (χ2v) is 5.62. The normalized spacial score (nSPS) is 18.6. The number of fused-ring (bicyclic) bond motifs is 1. The van der Waals surface area contributed by atoms with Gasteiger partial charge in [0, 0.05) is 17.8 Å². The van der Waals surface area contributed by atoms with Crippen LogP contribution < -0.4 is 5.73 Å². The minimum Gasteiger partial charge on any atom is -0.344 e. The van der Waals surface area contributed by atoms with Crippen LogP contribution >= 0.6 is 0 Å². The number of hydrogen-bond donors (Lipinski definition) is 1. The van der Waals surface area contributed by atoms with Crippen molar-refractivity contribution in [2.45, 2.75) is 44.6 Å². The van der Waals surface area contributed by atoms with E-state index in [1.807, 2.05) is 0 Å². The summed E-state index contributed by atoms with van der Waals surface area (Å²) in [5.74, 6) is 0.446. The molecule has 1 heterocycles. The van der Waals surface area contributed by atoms with Gasteiger partial charge in [-0.05, 0) is 48.4 Å². The van der Waals surface area contributed by atoms with Gasteiger partial charge >= 0.3 is 0 Å². The molecule has 2 nitrogen and oxygen atoms in total. The Balaban J connectivity index is 2.04. The summed E-state index contributed by atoms with van der Waals surface area (Å²) in [5.41, 5.74) is 8.53. The highest BCUT2D eigenvalue weighted by Gasteiger charge is 2.18. The standard InChI is InChI=1S/C16H22N2/c1-12(11-17)14-7-6-13-8-9-18(16(13)10-14)15-4-2-3-5-15/h6-10,12,15H,2-5,11,17H2,1H3. The number of nitrogens with two attached hydrogens (primary N) is 1. The molecule has 0 radical (unpaired) electrons. The van der Waals surface area contributed by atoms with Crippen molar-refractivity contribution in [2.24, 2.45) is 5.73 Å². The Morgan fingerprint density at radius 1 is 1.28 bits per heavy atom. The zero-order valence-corrected chi connectivity index (χ0v) is 11.1. The maximum atomic E-state index is 5.78. The molecule has 0 aliphatic heterocycles. The first kappa shape index (κ1) is 11.8. The van der Waals surface area contributed by atoms with Crippen molar-refractivity contribution in [3.63, 3.8) is 0 Å². The SMILES string of the molecule is CC(CN)c1ccc2ccn(C3CCCC3)c2c1. The molecule has 3 rings (SSSR count). The van der Waals surface area contributed by atoms with E-state index < -0.39 is 0 Å². The van der Waals surface area contributed by atoms with Gasteiger partial charge in [0.2, 0.25) is 0 Å². The molecule has 2 heteroatoms. The predicted octanol–water partition coefficient (Wildman–Crippen LogP) is 3.82. The fourth-order valence-corrected chi connectivity index (χ4v) is 3.11. The number of rotatable bonds is 3. The van der Waals surface area contributed by atoms with E-state index >= 15 is 0 Å². The van der Waals surface area contributed by atoms with Crippen LogP contribution in [-0.2, 0) is 0 Å². The molecule has 1 saturated carbocycles. The van der Waals surface area contributed by atoms with Crippen LogP contribution in [0, 0.1) is 0 Å². The van der Waals surface area contributed by atoms with Crippen molar-refractivity contribution in [2.75, 3.05) is 6.54 Å². The molecule has 1 aliphatic carbocycles. The van der Waals surface area contributed by atoms with Crippen LogP contribution in [0.1, 0.15) is 50.1 Å². The number of aromatic nitrogens is 1. The summed E-state index contributed by atoms with van der Waals surface area (Å²) in [7, 11) is 0. The third kappa shape index (κ3) is 1.95. The van der Waals surface area contributed by atoms with Gasteiger partial charge in [-0.25, -0.2) is 0 Å². The topological polar surface area (TPSA) is 30.9 Å². The smallest absolute Gasteiger partial charge is 0.0485 e. The molecule has 0 amide bonds. The average Bonchev–Trinajstić information content (AvgIpc) is 3.05. The lowest BCUT2D eigenvalue weighted by Gasteiger charge is -2.15. The zero-order chi connectivity index (χ0) is 12.5. The van der Waals surface area contributed by atoms with E-state index in [1.165, 1.54) is 42.1 Å². The number of hydrogen-bond acceptors (Lipinski definition) is 1. The van der Waals surface area contributed by atoms with Crippen molar-refractivity contribution in [3.8, 4) is 0 Å². The van der Waals surface area contributed by atoms with E-state index in [0.29, 0.717) is 12.0 Å². The van der Waals surface area contributed by atoms with E-state index in [9.17, 15) is 0 Å². The first-order chi connectivity index (χ1) is 8.79. The third-order valence-electron chi connectivity index (χ3n) is 4.39. The summed E-state index contributed by atoms with van der Waals surface area (Å²) in [6.07, 6.45) is 7.69. The molecule has 96 valence electrons. The number of nitrogens with zero attached hydrogens (tertiary/aromatic N) is 1. The zero-order valence-electron chi connectivity index (χ0n) is 11.1. The molecule has 1 aliphatic rings. The predicted molar refractivity (Wildman–Crippen MR) is 76.9 cm³/mol. The average molecular weight is 242 g/mol. The second kappa shape index (κ2) is 4.77. The van der Waals surface area contributed by atoms with Crippen molar-refractivity contribution in [3.05, 3.63) is 36.0 Å².